The molecular weight excluding hydrogens is 266 g/mol. The molecule has 0 aromatic heterocycles. The van der Waals surface area contributed by atoms with Gasteiger partial charge in [0.15, 0.2) is 0 Å². The lowest BCUT2D eigenvalue weighted by molar-refractivity contribution is -0.126. The van der Waals surface area contributed by atoms with E-state index in [1.165, 1.54) is 13.8 Å². The number of nitrogens with one attached hydrogen (secondary N) is 2. The Balaban J connectivity index is 0. The van der Waals surface area contributed by atoms with Gasteiger partial charge in [-0.3, -0.25) is 4.79 Å². The van der Waals surface area contributed by atoms with Gasteiger partial charge in [0, 0.05) is 12.1 Å². The molecule has 0 saturated carbocycles. The number of carbonyl (C=O) groups is 1. The van der Waals surface area contributed by atoms with Gasteiger partial charge in [-0.25, -0.2) is 13.1 Å². The Kier molecular flexibility index (Phi) is 6.69. The summed E-state index contributed by atoms with van der Waals surface area (Å²) in [6.07, 6.45) is 1.01. The number of amides is 1. The minimum atomic E-state index is -3.42. The molecule has 17 heavy (non-hydrogen) atoms. The number of halogens is 1. The van der Waals surface area contributed by atoms with Crippen molar-refractivity contribution in [3.63, 3.8) is 0 Å². The summed E-state index contributed by atoms with van der Waals surface area (Å²) in [5.41, 5.74) is 3.99. The van der Waals surface area contributed by atoms with Crippen molar-refractivity contribution in [2.75, 3.05) is 12.8 Å². The molecule has 4 N–H and O–H groups in total. The zero-order valence-electron chi connectivity index (χ0n) is 10.8. The quantitative estimate of drug-likeness (QED) is 0.640. The topological polar surface area (TPSA) is 101 Å². The number of carbonyl (C=O) groups excluding carboxylic acids is 1. The molecule has 0 aromatic rings. The van der Waals surface area contributed by atoms with E-state index in [4.69, 9.17) is 5.73 Å². The Hall–Kier alpha value is -0.370. The molecule has 0 heterocycles. The minimum Gasteiger partial charge on any atom is -0.353 e. The molecule has 104 valence electrons. The van der Waals surface area contributed by atoms with Crippen molar-refractivity contribution in [2.24, 2.45) is 5.73 Å². The molecule has 8 heteroatoms. The lowest BCUT2D eigenvalue weighted by Crippen LogP contribution is -2.57. The molecule has 0 rings (SSSR count). The van der Waals surface area contributed by atoms with Gasteiger partial charge in [0.05, 0.1) is 6.26 Å². The summed E-state index contributed by atoms with van der Waals surface area (Å²) in [4.78, 5) is 11.7. The average molecular weight is 288 g/mol. The number of rotatable bonds is 5. The van der Waals surface area contributed by atoms with E-state index in [1.807, 2.05) is 0 Å². The van der Waals surface area contributed by atoms with E-state index in [2.05, 4.69) is 10.0 Å². The average Bonchev–Trinajstić information content (AvgIpc) is 1.93. The first-order valence-corrected chi connectivity index (χ1v) is 6.79. The maximum absolute atomic E-state index is 11.7. The molecule has 0 spiro atoms. The van der Waals surface area contributed by atoms with Crippen LogP contribution in [0.5, 0.6) is 0 Å². The van der Waals surface area contributed by atoms with Crippen LogP contribution in [-0.4, -0.2) is 38.2 Å². The molecule has 0 aliphatic carbocycles. The Morgan fingerprint density at radius 2 is 1.65 bits per heavy atom. The number of sulfonamides is 1. The summed E-state index contributed by atoms with van der Waals surface area (Å²) >= 11 is 0. The minimum absolute atomic E-state index is 0. The number of hydrogen-bond acceptors (Lipinski definition) is 4. The highest BCUT2D eigenvalue weighted by Crippen LogP contribution is 2.04. The van der Waals surface area contributed by atoms with Gasteiger partial charge in [0.25, 0.3) is 0 Å². The molecule has 0 aliphatic heterocycles. The van der Waals surface area contributed by atoms with Crippen molar-refractivity contribution in [3.8, 4) is 0 Å². The van der Waals surface area contributed by atoms with E-state index in [1.54, 1.807) is 13.8 Å². The zero-order chi connectivity index (χ0) is 13.2. The van der Waals surface area contributed by atoms with E-state index in [-0.39, 0.29) is 19.0 Å². The SMILES string of the molecule is CC(C)(N)CNC(=O)C(C)(C)NS(C)(=O)=O.Cl. The van der Waals surface area contributed by atoms with Gasteiger partial charge in [-0.05, 0) is 27.7 Å². The maximum Gasteiger partial charge on any atom is 0.240 e. The van der Waals surface area contributed by atoms with Crippen LogP contribution >= 0.6 is 12.4 Å². The van der Waals surface area contributed by atoms with E-state index >= 15 is 0 Å². The lowest BCUT2D eigenvalue weighted by Gasteiger charge is -2.26. The summed E-state index contributed by atoms with van der Waals surface area (Å²) < 4.78 is 24.3. The molecule has 0 radical (unpaired) electrons. The van der Waals surface area contributed by atoms with Crippen LogP contribution < -0.4 is 15.8 Å². The molecule has 6 nitrogen and oxygen atoms in total. The van der Waals surface area contributed by atoms with Gasteiger partial charge < -0.3 is 11.1 Å². The fourth-order valence-corrected chi connectivity index (χ4v) is 2.06. The number of nitrogens with two attached hydrogens (primary N) is 1. The first-order chi connectivity index (χ1) is 6.83. The van der Waals surface area contributed by atoms with Crippen LogP contribution in [0.15, 0.2) is 0 Å². The molecule has 0 unspecified atom stereocenters. The largest absolute Gasteiger partial charge is 0.353 e. The number of hydrogen-bond donors (Lipinski definition) is 3. The second-order valence-corrected chi connectivity index (χ2v) is 6.92. The summed E-state index contributed by atoms with van der Waals surface area (Å²) in [6.45, 7) is 6.80. The van der Waals surface area contributed by atoms with E-state index in [9.17, 15) is 13.2 Å². The molecular formula is C9H22ClN3O3S. The van der Waals surface area contributed by atoms with Crippen LogP contribution in [-0.2, 0) is 14.8 Å². The second-order valence-electron chi connectivity index (χ2n) is 5.17. The van der Waals surface area contributed by atoms with Crippen LogP contribution in [0.4, 0.5) is 0 Å². The lowest BCUT2D eigenvalue weighted by atomic mass is 10.0. The molecule has 0 fully saturated rings. The maximum atomic E-state index is 11.7. The van der Waals surface area contributed by atoms with Gasteiger partial charge >= 0.3 is 0 Å². The van der Waals surface area contributed by atoms with Crippen LogP contribution in [0.3, 0.4) is 0 Å². The summed E-state index contributed by atoms with van der Waals surface area (Å²) in [5, 5.41) is 2.59. The van der Waals surface area contributed by atoms with Gasteiger partial charge in [0.1, 0.15) is 5.54 Å². The first kappa shape index (κ1) is 19.0. The Bertz CT molecular complexity index is 360. The second kappa shape index (κ2) is 5.99. The highest BCUT2D eigenvalue weighted by Gasteiger charge is 2.31. The third kappa shape index (κ3) is 9.34. The highest BCUT2D eigenvalue weighted by atomic mass is 35.5. The van der Waals surface area contributed by atoms with Gasteiger partial charge in [-0.1, -0.05) is 0 Å². The van der Waals surface area contributed by atoms with Crippen LogP contribution in [0, 0.1) is 0 Å². The smallest absolute Gasteiger partial charge is 0.240 e. The Morgan fingerprint density at radius 1 is 1.24 bits per heavy atom. The van der Waals surface area contributed by atoms with Crippen LogP contribution in [0.25, 0.3) is 0 Å². The molecule has 0 aliphatic rings. The molecule has 0 atom stereocenters. The normalized spacial score (nSPS) is 12.8. The van der Waals surface area contributed by atoms with Gasteiger partial charge in [-0.15, -0.1) is 12.4 Å². The van der Waals surface area contributed by atoms with E-state index in [0.29, 0.717) is 0 Å². The Morgan fingerprint density at radius 3 is 1.94 bits per heavy atom. The molecule has 0 aromatic carbocycles. The molecule has 1 amide bonds. The van der Waals surface area contributed by atoms with Crippen molar-refractivity contribution in [2.45, 2.75) is 38.8 Å². The van der Waals surface area contributed by atoms with Crippen LogP contribution in [0.2, 0.25) is 0 Å². The van der Waals surface area contributed by atoms with Crippen molar-refractivity contribution in [1.82, 2.24) is 10.0 Å². The van der Waals surface area contributed by atoms with Crippen molar-refractivity contribution in [1.29, 1.82) is 0 Å². The first-order valence-electron chi connectivity index (χ1n) is 4.90. The van der Waals surface area contributed by atoms with E-state index in [0.717, 1.165) is 6.26 Å². The highest BCUT2D eigenvalue weighted by molar-refractivity contribution is 7.88. The van der Waals surface area contributed by atoms with Crippen LogP contribution in [0.1, 0.15) is 27.7 Å². The predicted octanol–water partition coefficient (Wildman–Crippen LogP) is -0.410. The third-order valence-corrected chi connectivity index (χ3v) is 2.59. The molecule has 0 saturated heterocycles. The van der Waals surface area contributed by atoms with Gasteiger partial charge in [-0.2, -0.15) is 0 Å². The molecule has 0 bridgehead atoms. The zero-order valence-corrected chi connectivity index (χ0v) is 12.5. The monoisotopic (exact) mass is 287 g/mol. The van der Waals surface area contributed by atoms with Crippen molar-refractivity contribution < 1.29 is 13.2 Å². The van der Waals surface area contributed by atoms with Gasteiger partial charge in [0.2, 0.25) is 15.9 Å². The fourth-order valence-electron chi connectivity index (χ4n) is 1.04. The van der Waals surface area contributed by atoms with Crippen molar-refractivity contribution in [3.05, 3.63) is 0 Å². The summed E-state index contributed by atoms with van der Waals surface area (Å²) in [5.74, 6) is -0.406. The summed E-state index contributed by atoms with van der Waals surface area (Å²) in [6, 6.07) is 0. The standard InChI is InChI=1S/C9H21N3O3S.ClH/c1-8(2,10)6-11-7(13)9(3,4)12-16(5,14)15;/h12H,6,10H2,1-5H3,(H,11,13);1H. The Labute approximate surface area is 109 Å². The summed E-state index contributed by atoms with van der Waals surface area (Å²) in [7, 11) is -3.42. The predicted molar refractivity (Wildman–Crippen MR) is 70.6 cm³/mol. The fraction of sp³-hybridized carbons (Fsp3) is 0.889. The van der Waals surface area contributed by atoms with Crippen molar-refractivity contribution >= 4 is 28.3 Å². The van der Waals surface area contributed by atoms with E-state index < -0.39 is 27.0 Å². The third-order valence-electron chi connectivity index (χ3n) is 1.71.